The van der Waals surface area contributed by atoms with Crippen LogP contribution in [0, 0.1) is 11.3 Å². The normalized spacial score (nSPS) is 10.9. The minimum Gasteiger partial charge on any atom is -0.289 e. The van der Waals surface area contributed by atoms with Gasteiger partial charge in [0.05, 0.1) is 23.4 Å². The Morgan fingerprint density at radius 2 is 2.25 bits per heavy atom. The van der Waals surface area contributed by atoms with Gasteiger partial charge < -0.3 is 0 Å². The standard InChI is InChI=1S/C16H15N3O/c1-12(2)19-11-15(10-18-19)16(20)7-6-13-4-3-5-14(8-13)9-17/h3-8,10-12H,1-2H3/b7-6-. The first-order valence-electron chi connectivity index (χ1n) is 6.37. The van der Waals surface area contributed by atoms with E-state index in [4.69, 9.17) is 5.26 Å². The summed E-state index contributed by atoms with van der Waals surface area (Å²) >= 11 is 0. The highest BCUT2D eigenvalue weighted by Gasteiger charge is 2.06. The topological polar surface area (TPSA) is 58.7 Å². The zero-order valence-corrected chi connectivity index (χ0v) is 11.4. The summed E-state index contributed by atoms with van der Waals surface area (Å²) in [5.41, 5.74) is 1.97. The van der Waals surface area contributed by atoms with Gasteiger partial charge in [-0.1, -0.05) is 18.2 Å². The van der Waals surface area contributed by atoms with Crippen molar-refractivity contribution in [3.8, 4) is 6.07 Å². The summed E-state index contributed by atoms with van der Waals surface area (Å²) in [6.07, 6.45) is 6.51. The van der Waals surface area contributed by atoms with E-state index >= 15 is 0 Å². The third-order valence-corrected chi connectivity index (χ3v) is 2.86. The molecular weight excluding hydrogens is 250 g/mol. The molecule has 0 saturated heterocycles. The smallest absolute Gasteiger partial charge is 0.189 e. The van der Waals surface area contributed by atoms with Gasteiger partial charge in [0.1, 0.15) is 0 Å². The molecule has 0 radical (unpaired) electrons. The van der Waals surface area contributed by atoms with Crippen LogP contribution in [0.1, 0.15) is 41.4 Å². The van der Waals surface area contributed by atoms with E-state index < -0.39 is 0 Å². The maximum atomic E-state index is 12.0. The SMILES string of the molecule is CC(C)n1cc(C(=O)/C=C\c2cccc(C#N)c2)cn1. The molecule has 4 nitrogen and oxygen atoms in total. The Morgan fingerprint density at radius 3 is 2.90 bits per heavy atom. The van der Waals surface area contributed by atoms with Crippen LogP contribution in [0.25, 0.3) is 6.08 Å². The van der Waals surface area contributed by atoms with Gasteiger partial charge >= 0.3 is 0 Å². The molecule has 0 spiro atoms. The summed E-state index contributed by atoms with van der Waals surface area (Å²) in [5, 5.41) is 13.0. The lowest BCUT2D eigenvalue weighted by Gasteiger charge is -2.02. The highest BCUT2D eigenvalue weighted by atomic mass is 16.1. The number of allylic oxidation sites excluding steroid dienone is 1. The summed E-state index contributed by atoms with van der Waals surface area (Å²) in [4.78, 5) is 12.0. The second kappa shape index (κ2) is 5.98. The van der Waals surface area contributed by atoms with Gasteiger partial charge in [0.2, 0.25) is 0 Å². The first kappa shape index (κ1) is 13.8. The molecule has 0 aliphatic rings. The Balaban J connectivity index is 2.14. The van der Waals surface area contributed by atoms with Crippen molar-refractivity contribution in [3.63, 3.8) is 0 Å². The van der Waals surface area contributed by atoms with E-state index in [2.05, 4.69) is 11.2 Å². The third kappa shape index (κ3) is 3.21. The summed E-state index contributed by atoms with van der Waals surface area (Å²) in [5.74, 6) is -0.0979. The summed E-state index contributed by atoms with van der Waals surface area (Å²) in [7, 11) is 0. The number of nitriles is 1. The molecule has 4 heteroatoms. The lowest BCUT2D eigenvalue weighted by molar-refractivity contribution is 0.104. The zero-order chi connectivity index (χ0) is 14.5. The largest absolute Gasteiger partial charge is 0.289 e. The molecule has 0 fully saturated rings. The average Bonchev–Trinajstić information content (AvgIpc) is 2.95. The van der Waals surface area contributed by atoms with Crippen LogP contribution in [0.3, 0.4) is 0 Å². The van der Waals surface area contributed by atoms with E-state index in [1.54, 1.807) is 41.4 Å². The van der Waals surface area contributed by atoms with Gasteiger partial charge in [-0.2, -0.15) is 10.4 Å². The van der Waals surface area contributed by atoms with Crippen molar-refractivity contribution in [1.82, 2.24) is 9.78 Å². The first-order valence-corrected chi connectivity index (χ1v) is 6.37. The van der Waals surface area contributed by atoms with Crippen molar-refractivity contribution in [2.24, 2.45) is 0 Å². The number of benzene rings is 1. The third-order valence-electron chi connectivity index (χ3n) is 2.86. The number of aromatic nitrogens is 2. The van der Waals surface area contributed by atoms with Crippen LogP contribution >= 0.6 is 0 Å². The van der Waals surface area contributed by atoms with Crippen LogP contribution in [0.2, 0.25) is 0 Å². The molecule has 0 aliphatic carbocycles. The van der Waals surface area contributed by atoms with E-state index in [-0.39, 0.29) is 11.8 Å². The van der Waals surface area contributed by atoms with Crippen molar-refractivity contribution in [2.45, 2.75) is 19.9 Å². The fourth-order valence-corrected chi connectivity index (χ4v) is 1.73. The lowest BCUT2D eigenvalue weighted by Crippen LogP contribution is -2.00. The van der Waals surface area contributed by atoms with Crippen LogP contribution in [-0.2, 0) is 0 Å². The minimum atomic E-state index is -0.0979. The van der Waals surface area contributed by atoms with Crippen LogP contribution in [0.4, 0.5) is 0 Å². The predicted octanol–water partition coefficient (Wildman–Crippen LogP) is 3.23. The van der Waals surface area contributed by atoms with Crippen molar-refractivity contribution in [3.05, 3.63) is 59.4 Å². The predicted molar refractivity (Wildman–Crippen MR) is 77.1 cm³/mol. The maximum Gasteiger partial charge on any atom is 0.189 e. The molecule has 2 rings (SSSR count). The van der Waals surface area contributed by atoms with Gasteiger partial charge in [0, 0.05) is 12.2 Å². The van der Waals surface area contributed by atoms with Crippen LogP contribution < -0.4 is 0 Å². The van der Waals surface area contributed by atoms with Gasteiger partial charge in [0.25, 0.3) is 0 Å². The summed E-state index contributed by atoms with van der Waals surface area (Å²) < 4.78 is 1.75. The van der Waals surface area contributed by atoms with E-state index in [1.165, 1.54) is 6.08 Å². The summed E-state index contributed by atoms with van der Waals surface area (Å²) in [6.45, 7) is 4.01. The Hall–Kier alpha value is -2.67. The molecule has 1 heterocycles. The molecule has 2 aromatic rings. The second-order valence-electron chi connectivity index (χ2n) is 4.74. The summed E-state index contributed by atoms with van der Waals surface area (Å²) in [6, 6.07) is 9.41. The molecule has 100 valence electrons. The molecule has 0 N–H and O–H groups in total. The molecule has 0 atom stereocenters. The number of carbonyl (C=O) groups is 1. The van der Waals surface area contributed by atoms with Crippen molar-refractivity contribution < 1.29 is 4.79 Å². The molecule has 1 aromatic heterocycles. The van der Waals surface area contributed by atoms with Crippen LogP contribution in [-0.4, -0.2) is 15.6 Å². The van der Waals surface area contributed by atoms with Gasteiger partial charge in [-0.05, 0) is 37.6 Å². The van der Waals surface area contributed by atoms with E-state index in [9.17, 15) is 4.79 Å². The van der Waals surface area contributed by atoms with Gasteiger partial charge in [-0.25, -0.2) is 0 Å². The number of hydrogen-bond donors (Lipinski definition) is 0. The van der Waals surface area contributed by atoms with Crippen LogP contribution in [0.5, 0.6) is 0 Å². The Kier molecular flexibility index (Phi) is 4.11. The van der Waals surface area contributed by atoms with Crippen molar-refractivity contribution >= 4 is 11.9 Å². The fraction of sp³-hybridized carbons (Fsp3) is 0.188. The van der Waals surface area contributed by atoms with Crippen molar-refractivity contribution in [1.29, 1.82) is 5.26 Å². The Morgan fingerprint density at radius 1 is 1.45 bits per heavy atom. The van der Waals surface area contributed by atoms with E-state index in [1.807, 2.05) is 19.9 Å². The van der Waals surface area contributed by atoms with E-state index in [0.29, 0.717) is 11.1 Å². The molecule has 0 bridgehead atoms. The van der Waals surface area contributed by atoms with E-state index in [0.717, 1.165) is 5.56 Å². The molecule has 0 amide bonds. The van der Waals surface area contributed by atoms with Gasteiger partial charge in [-0.3, -0.25) is 9.48 Å². The van der Waals surface area contributed by atoms with Gasteiger partial charge in [0.15, 0.2) is 5.78 Å². The number of hydrogen-bond acceptors (Lipinski definition) is 3. The monoisotopic (exact) mass is 265 g/mol. The fourth-order valence-electron chi connectivity index (χ4n) is 1.73. The Labute approximate surface area is 118 Å². The number of nitrogens with zero attached hydrogens (tertiary/aromatic N) is 3. The quantitative estimate of drug-likeness (QED) is 0.630. The van der Waals surface area contributed by atoms with Crippen LogP contribution in [0.15, 0.2) is 42.7 Å². The number of rotatable bonds is 4. The van der Waals surface area contributed by atoms with Gasteiger partial charge in [-0.15, -0.1) is 0 Å². The maximum absolute atomic E-state index is 12.0. The Bertz CT molecular complexity index is 690. The zero-order valence-electron chi connectivity index (χ0n) is 11.4. The molecule has 0 unspecified atom stereocenters. The molecule has 0 saturated carbocycles. The highest BCUT2D eigenvalue weighted by molar-refractivity contribution is 6.06. The molecule has 0 aliphatic heterocycles. The number of ketones is 1. The highest BCUT2D eigenvalue weighted by Crippen LogP contribution is 2.09. The minimum absolute atomic E-state index is 0.0979. The lowest BCUT2D eigenvalue weighted by atomic mass is 10.1. The molecular formula is C16H15N3O. The molecule has 1 aromatic carbocycles. The molecule has 20 heavy (non-hydrogen) atoms. The van der Waals surface area contributed by atoms with Crippen molar-refractivity contribution in [2.75, 3.05) is 0 Å². The second-order valence-corrected chi connectivity index (χ2v) is 4.74. The number of carbonyl (C=O) groups excluding carboxylic acids is 1. The average molecular weight is 265 g/mol. The first-order chi connectivity index (χ1) is 9.60.